The molecule has 0 bridgehead atoms. The molecule has 0 spiro atoms. The van der Waals surface area contributed by atoms with Gasteiger partial charge < -0.3 is 9.47 Å². The van der Waals surface area contributed by atoms with Gasteiger partial charge in [-0.3, -0.25) is 0 Å². The number of hydrogen-bond acceptors (Lipinski definition) is 4. The number of carbonyl (C=O) groups is 2. The predicted octanol–water partition coefficient (Wildman–Crippen LogP) is -0.685. The SMILES string of the molecule is C=c1c(C(=O)OC)c(C(=O)OC)[nH]/[n+]1=C/C. The van der Waals surface area contributed by atoms with Gasteiger partial charge in [0.2, 0.25) is 11.0 Å². The lowest BCUT2D eigenvalue weighted by Gasteiger charge is -1.96. The number of esters is 2. The minimum Gasteiger partial charge on any atom is -0.465 e. The largest absolute Gasteiger partial charge is 0.465 e. The number of rotatable bonds is 2. The van der Waals surface area contributed by atoms with Crippen molar-refractivity contribution in [3.05, 3.63) is 22.8 Å². The van der Waals surface area contributed by atoms with Crippen molar-refractivity contribution in [1.29, 1.82) is 0 Å². The van der Waals surface area contributed by atoms with E-state index in [4.69, 9.17) is 0 Å². The standard InChI is InChI=1S/C10H12N2O4/c1-5-12-6(2)7(9(13)15-3)8(11-12)10(14)16-4/h5H,2H2,1,3-4H3/p+1/b12-5+. The van der Waals surface area contributed by atoms with E-state index < -0.39 is 11.9 Å². The molecule has 0 amide bonds. The van der Waals surface area contributed by atoms with Gasteiger partial charge in [0, 0.05) is 6.92 Å². The van der Waals surface area contributed by atoms with Crippen LogP contribution in [0, 0.1) is 6.21 Å². The molecule has 1 heterocycles. The van der Waals surface area contributed by atoms with Crippen LogP contribution >= 0.6 is 0 Å². The Morgan fingerprint density at radius 1 is 1.31 bits per heavy atom. The molecular formula is C10H13N2O4+. The molecule has 16 heavy (non-hydrogen) atoms. The van der Waals surface area contributed by atoms with Crippen molar-refractivity contribution < 1.29 is 23.4 Å². The van der Waals surface area contributed by atoms with Crippen LogP contribution in [0.2, 0.25) is 0 Å². The molecule has 1 aromatic heterocycles. The molecule has 1 N–H and O–H groups in total. The normalized spacial score (nSPS) is 11.3. The zero-order valence-corrected chi connectivity index (χ0v) is 9.36. The number of ether oxygens (including phenoxy) is 2. The fourth-order valence-electron chi connectivity index (χ4n) is 1.30. The molecule has 0 aliphatic rings. The summed E-state index contributed by atoms with van der Waals surface area (Å²) in [5.41, 5.74) is 0.102. The summed E-state index contributed by atoms with van der Waals surface area (Å²) in [4.78, 5) is 22.9. The molecule has 0 saturated carbocycles. The van der Waals surface area contributed by atoms with E-state index in [1.54, 1.807) is 13.1 Å². The lowest BCUT2D eigenvalue weighted by molar-refractivity contribution is -0.586. The predicted molar refractivity (Wildman–Crippen MR) is 54.2 cm³/mol. The van der Waals surface area contributed by atoms with E-state index >= 15 is 0 Å². The fourth-order valence-corrected chi connectivity index (χ4v) is 1.30. The highest BCUT2D eigenvalue weighted by Crippen LogP contribution is 2.01. The molecule has 0 aromatic carbocycles. The molecule has 86 valence electrons. The van der Waals surface area contributed by atoms with Crippen LogP contribution in [0.4, 0.5) is 0 Å². The lowest BCUT2D eigenvalue weighted by atomic mass is 10.2. The van der Waals surface area contributed by atoms with Gasteiger partial charge in [-0.15, -0.1) is 0 Å². The van der Waals surface area contributed by atoms with E-state index in [2.05, 4.69) is 21.2 Å². The molecule has 0 unspecified atom stereocenters. The molecule has 0 radical (unpaired) electrons. The van der Waals surface area contributed by atoms with E-state index in [1.165, 1.54) is 18.6 Å². The van der Waals surface area contributed by atoms with Crippen molar-refractivity contribution in [2.75, 3.05) is 14.2 Å². The summed E-state index contributed by atoms with van der Waals surface area (Å²) >= 11 is 0. The summed E-state index contributed by atoms with van der Waals surface area (Å²) in [6, 6.07) is 0. The van der Waals surface area contributed by atoms with Gasteiger partial charge in [0.05, 0.1) is 14.2 Å². The number of H-pyrrole nitrogens is 1. The first kappa shape index (κ1) is 12.0. The Balaban J connectivity index is 3.56. The fraction of sp³-hybridized carbons (Fsp3) is 0.300. The topological polar surface area (TPSA) is 74.3 Å². The molecule has 0 aliphatic carbocycles. The summed E-state index contributed by atoms with van der Waals surface area (Å²) in [6.45, 7) is 5.42. The quantitative estimate of drug-likeness (QED) is 0.534. The van der Waals surface area contributed by atoms with Crippen LogP contribution in [0.1, 0.15) is 27.8 Å². The Morgan fingerprint density at radius 2 is 1.88 bits per heavy atom. The third-order valence-corrected chi connectivity index (χ3v) is 2.10. The summed E-state index contributed by atoms with van der Waals surface area (Å²) in [7, 11) is 2.46. The molecule has 0 saturated heterocycles. The number of hydrogen-bond donors (Lipinski definition) is 1. The first-order valence-electron chi connectivity index (χ1n) is 4.52. The van der Waals surface area contributed by atoms with Crippen molar-refractivity contribution >= 4 is 18.5 Å². The first-order valence-corrected chi connectivity index (χ1v) is 4.52. The molecule has 0 fully saturated rings. The van der Waals surface area contributed by atoms with Crippen molar-refractivity contribution in [3.63, 3.8) is 0 Å². The van der Waals surface area contributed by atoms with Gasteiger partial charge in [0.1, 0.15) is 0 Å². The van der Waals surface area contributed by atoms with Gasteiger partial charge in [-0.2, -0.15) is 5.10 Å². The number of nitrogens with zero attached hydrogens (tertiary/aromatic N) is 1. The van der Waals surface area contributed by atoms with Gasteiger partial charge in [-0.05, 0) is 6.58 Å². The summed E-state index contributed by atoms with van der Waals surface area (Å²) in [6.07, 6.45) is 1.63. The smallest absolute Gasteiger partial charge is 0.361 e. The van der Waals surface area contributed by atoms with Gasteiger partial charge in [-0.25, -0.2) is 9.59 Å². The highest BCUT2D eigenvalue weighted by molar-refractivity contribution is 6.01. The molecule has 6 nitrogen and oxygen atoms in total. The maximum Gasteiger partial charge on any atom is 0.361 e. The second-order valence-electron chi connectivity index (χ2n) is 2.92. The van der Waals surface area contributed by atoms with Crippen molar-refractivity contribution in [3.8, 4) is 0 Å². The first-order chi connectivity index (χ1) is 7.56. The van der Waals surface area contributed by atoms with Crippen LogP contribution in [0.5, 0.6) is 0 Å². The summed E-state index contributed by atoms with van der Waals surface area (Å²) < 4.78 is 10.6. The average Bonchev–Trinajstić information content (AvgIpc) is 2.64. The van der Waals surface area contributed by atoms with Crippen molar-refractivity contribution in [2.24, 2.45) is 0 Å². The zero-order chi connectivity index (χ0) is 12.3. The number of aromatic nitrogens is 2. The summed E-state index contributed by atoms with van der Waals surface area (Å²) in [5.74, 6) is -1.28. The molecule has 1 aromatic rings. The molecular weight excluding hydrogens is 212 g/mol. The Morgan fingerprint density at radius 3 is 2.31 bits per heavy atom. The zero-order valence-electron chi connectivity index (χ0n) is 9.36. The highest BCUT2D eigenvalue weighted by Gasteiger charge is 2.27. The summed E-state index contributed by atoms with van der Waals surface area (Å²) in [5, 5.41) is 3.03. The Bertz CT molecular complexity index is 530. The maximum absolute atomic E-state index is 11.5. The van der Waals surface area contributed by atoms with Crippen LogP contribution < -0.4 is 9.71 Å². The molecule has 0 aliphatic heterocycles. The minimum absolute atomic E-state index is 0.0254. The van der Waals surface area contributed by atoms with E-state index in [9.17, 15) is 9.59 Å². The second-order valence-corrected chi connectivity index (χ2v) is 2.92. The number of nitrogens with one attached hydrogen (secondary N) is 1. The van der Waals surface area contributed by atoms with Crippen LogP contribution in [-0.2, 0) is 9.47 Å². The molecule has 1 rings (SSSR count). The van der Waals surface area contributed by atoms with E-state index in [-0.39, 0.29) is 11.3 Å². The Labute approximate surface area is 91.8 Å². The van der Waals surface area contributed by atoms with Crippen molar-refractivity contribution in [2.45, 2.75) is 6.92 Å². The Kier molecular flexibility index (Phi) is 3.44. The monoisotopic (exact) mass is 225 g/mol. The molecule has 6 heteroatoms. The van der Waals surface area contributed by atoms with Crippen LogP contribution in [0.15, 0.2) is 0 Å². The van der Waals surface area contributed by atoms with Gasteiger partial charge in [-0.1, -0.05) is 4.36 Å². The third kappa shape index (κ3) is 1.81. The highest BCUT2D eigenvalue weighted by atomic mass is 16.5. The number of aromatic amines is 1. The lowest BCUT2D eigenvalue weighted by Crippen LogP contribution is -2.37. The maximum atomic E-state index is 11.5. The Hall–Kier alpha value is -2.11. The van der Waals surface area contributed by atoms with E-state index in [0.29, 0.717) is 5.35 Å². The van der Waals surface area contributed by atoms with Crippen molar-refractivity contribution in [1.82, 2.24) is 5.10 Å². The van der Waals surface area contributed by atoms with E-state index in [1.807, 2.05) is 0 Å². The number of carbonyl (C=O) groups excluding carboxylic acids is 2. The van der Waals surface area contributed by atoms with Crippen LogP contribution in [-0.4, -0.2) is 31.3 Å². The average molecular weight is 225 g/mol. The van der Waals surface area contributed by atoms with Gasteiger partial charge in [0.15, 0.2) is 11.8 Å². The third-order valence-electron chi connectivity index (χ3n) is 2.10. The van der Waals surface area contributed by atoms with Crippen LogP contribution in [0.3, 0.4) is 0 Å². The van der Waals surface area contributed by atoms with Gasteiger partial charge >= 0.3 is 11.9 Å². The second kappa shape index (κ2) is 4.61. The van der Waals surface area contributed by atoms with E-state index in [0.717, 1.165) is 0 Å². The van der Waals surface area contributed by atoms with Crippen LogP contribution in [0.25, 0.3) is 6.58 Å². The number of methoxy groups -OCH3 is 2. The van der Waals surface area contributed by atoms with Gasteiger partial charge in [0.25, 0.3) is 0 Å². The molecule has 0 atom stereocenters. The minimum atomic E-state index is -0.647.